The maximum atomic E-state index is 12.4. The van der Waals surface area contributed by atoms with E-state index in [0.717, 1.165) is 5.56 Å². The van der Waals surface area contributed by atoms with Gasteiger partial charge in [-0.1, -0.05) is 18.2 Å². The number of carbonyl (C=O) groups is 2. The minimum Gasteiger partial charge on any atom is -0.496 e. The summed E-state index contributed by atoms with van der Waals surface area (Å²) in [5.41, 5.74) is 0.797. The van der Waals surface area contributed by atoms with Crippen molar-refractivity contribution in [3.8, 4) is 5.75 Å². The zero-order valence-electron chi connectivity index (χ0n) is 11.9. The summed E-state index contributed by atoms with van der Waals surface area (Å²) in [6, 6.07) is 6.92. The van der Waals surface area contributed by atoms with Gasteiger partial charge in [-0.3, -0.25) is 9.59 Å². The fourth-order valence-electron chi connectivity index (χ4n) is 2.47. The lowest BCUT2D eigenvalue weighted by Crippen LogP contribution is -2.50. The molecule has 2 rings (SSSR count). The molecule has 1 atom stereocenters. The molecule has 1 aliphatic rings. The molecular weight excluding hydrogens is 274 g/mol. The van der Waals surface area contributed by atoms with E-state index in [2.05, 4.69) is 0 Å². The summed E-state index contributed by atoms with van der Waals surface area (Å²) >= 11 is 0. The number of amides is 1. The topological polar surface area (TPSA) is 76.1 Å². The van der Waals surface area contributed by atoms with Crippen molar-refractivity contribution in [2.45, 2.75) is 18.9 Å². The molecule has 1 heterocycles. The Hall–Kier alpha value is -2.08. The van der Waals surface area contributed by atoms with E-state index < -0.39 is 12.0 Å². The van der Waals surface area contributed by atoms with Crippen LogP contribution in [-0.4, -0.2) is 54.8 Å². The van der Waals surface area contributed by atoms with E-state index in [1.807, 2.05) is 18.2 Å². The molecule has 0 radical (unpaired) electrons. The van der Waals surface area contributed by atoms with Crippen LogP contribution in [0, 0.1) is 0 Å². The lowest BCUT2D eigenvalue weighted by Gasteiger charge is -2.35. The van der Waals surface area contributed by atoms with Gasteiger partial charge in [0.1, 0.15) is 5.75 Å². The Kier molecular flexibility index (Phi) is 5.16. The molecule has 1 saturated heterocycles. The summed E-state index contributed by atoms with van der Waals surface area (Å²) in [4.78, 5) is 24.9. The Bertz CT molecular complexity index is 517. The number of carboxylic acid groups (broad SMARTS) is 1. The molecule has 1 N–H and O–H groups in total. The second-order valence-corrected chi connectivity index (χ2v) is 4.90. The molecule has 6 nitrogen and oxygen atoms in total. The van der Waals surface area contributed by atoms with Gasteiger partial charge in [0.15, 0.2) is 0 Å². The Labute approximate surface area is 123 Å². The third-order valence-electron chi connectivity index (χ3n) is 3.49. The van der Waals surface area contributed by atoms with Crippen LogP contribution >= 0.6 is 0 Å². The smallest absolute Gasteiger partial charge is 0.305 e. The first-order valence-corrected chi connectivity index (χ1v) is 6.82. The van der Waals surface area contributed by atoms with Gasteiger partial charge in [0.05, 0.1) is 39.2 Å². The molecule has 114 valence electrons. The standard InChI is InChI=1S/C15H19NO5/c1-20-13-5-3-2-4-11(13)8-14(17)16-6-7-21-10-12(16)9-15(18)19/h2-5,12H,6-10H2,1H3,(H,18,19). The monoisotopic (exact) mass is 293 g/mol. The number of para-hydroxylation sites is 1. The van der Waals surface area contributed by atoms with Crippen LogP contribution in [-0.2, 0) is 20.7 Å². The Morgan fingerprint density at radius 3 is 2.90 bits per heavy atom. The van der Waals surface area contributed by atoms with Crippen LogP contribution in [0.3, 0.4) is 0 Å². The second kappa shape index (κ2) is 7.08. The zero-order valence-corrected chi connectivity index (χ0v) is 11.9. The highest BCUT2D eigenvalue weighted by Gasteiger charge is 2.29. The van der Waals surface area contributed by atoms with Crippen LogP contribution in [0.5, 0.6) is 5.75 Å². The zero-order chi connectivity index (χ0) is 15.2. The molecular formula is C15H19NO5. The largest absolute Gasteiger partial charge is 0.496 e. The van der Waals surface area contributed by atoms with Gasteiger partial charge in [0.25, 0.3) is 0 Å². The number of morpholine rings is 1. The van der Waals surface area contributed by atoms with Crippen LogP contribution in [0.2, 0.25) is 0 Å². The number of carbonyl (C=O) groups excluding carboxylic acids is 1. The minimum atomic E-state index is -0.930. The van der Waals surface area contributed by atoms with Crippen molar-refractivity contribution in [2.24, 2.45) is 0 Å². The maximum absolute atomic E-state index is 12.4. The molecule has 21 heavy (non-hydrogen) atoms. The highest BCUT2D eigenvalue weighted by molar-refractivity contribution is 5.80. The van der Waals surface area contributed by atoms with Gasteiger partial charge >= 0.3 is 5.97 Å². The van der Waals surface area contributed by atoms with Crippen molar-refractivity contribution < 1.29 is 24.2 Å². The van der Waals surface area contributed by atoms with Crippen molar-refractivity contribution in [3.05, 3.63) is 29.8 Å². The first-order valence-electron chi connectivity index (χ1n) is 6.82. The average molecular weight is 293 g/mol. The molecule has 1 unspecified atom stereocenters. The van der Waals surface area contributed by atoms with Gasteiger partial charge in [-0.25, -0.2) is 0 Å². The first-order chi connectivity index (χ1) is 10.1. The van der Waals surface area contributed by atoms with Crippen molar-refractivity contribution in [1.29, 1.82) is 0 Å². The molecule has 1 aliphatic heterocycles. The van der Waals surface area contributed by atoms with E-state index in [0.29, 0.717) is 18.9 Å². The average Bonchev–Trinajstić information content (AvgIpc) is 2.47. The Morgan fingerprint density at radius 2 is 2.19 bits per heavy atom. The molecule has 0 bridgehead atoms. The summed E-state index contributed by atoms with van der Waals surface area (Å²) in [6.45, 7) is 1.13. The van der Waals surface area contributed by atoms with E-state index in [4.69, 9.17) is 14.6 Å². The van der Waals surface area contributed by atoms with E-state index in [-0.39, 0.29) is 25.4 Å². The Morgan fingerprint density at radius 1 is 1.43 bits per heavy atom. The van der Waals surface area contributed by atoms with Crippen LogP contribution < -0.4 is 4.74 Å². The number of hydrogen-bond acceptors (Lipinski definition) is 4. The van der Waals surface area contributed by atoms with E-state index in [1.165, 1.54) is 0 Å². The minimum absolute atomic E-state index is 0.0995. The molecule has 0 saturated carbocycles. The number of benzene rings is 1. The normalized spacial score (nSPS) is 18.3. The van der Waals surface area contributed by atoms with E-state index in [1.54, 1.807) is 18.1 Å². The van der Waals surface area contributed by atoms with Crippen LogP contribution in [0.1, 0.15) is 12.0 Å². The number of rotatable bonds is 5. The van der Waals surface area contributed by atoms with Gasteiger partial charge in [0, 0.05) is 12.1 Å². The van der Waals surface area contributed by atoms with Gasteiger partial charge in [-0.2, -0.15) is 0 Å². The predicted octanol–water partition coefficient (Wildman–Crippen LogP) is 0.940. The first kappa shape index (κ1) is 15.3. The molecule has 1 aromatic rings. The van der Waals surface area contributed by atoms with Crippen molar-refractivity contribution in [2.75, 3.05) is 26.9 Å². The number of ether oxygens (including phenoxy) is 2. The van der Waals surface area contributed by atoms with Gasteiger partial charge in [-0.15, -0.1) is 0 Å². The fourth-order valence-corrected chi connectivity index (χ4v) is 2.47. The van der Waals surface area contributed by atoms with Crippen molar-refractivity contribution >= 4 is 11.9 Å². The molecule has 0 spiro atoms. The summed E-state index contributed by atoms with van der Waals surface area (Å²) in [7, 11) is 1.56. The summed E-state index contributed by atoms with van der Waals surface area (Å²) in [5, 5.41) is 8.92. The molecule has 0 aromatic heterocycles. The van der Waals surface area contributed by atoms with Gasteiger partial charge in [-0.05, 0) is 6.07 Å². The number of aliphatic carboxylic acids is 1. The number of methoxy groups -OCH3 is 1. The van der Waals surface area contributed by atoms with Crippen LogP contribution in [0.15, 0.2) is 24.3 Å². The third kappa shape index (κ3) is 3.95. The third-order valence-corrected chi connectivity index (χ3v) is 3.49. The summed E-state index contributed by atoms with van der Waals surface area (Å²) in [5.74, 6) is -0.372. The second-order valence-electron chi connectivity index (χ2n) is 4.90. The fraction of sp³-hybridized carbons (Fsp3) is 0.467. The van der Waals surface area contributed by atoms with Crippen LogP contribution in [0.25, 0.3) is 0 Å². The van der Waals surface area contributed by atoms with Crippen LogP contribution in [0.4, 0.5) is 0 Å². The highest BCUT2D eigenvalue weighted by atomic mass is 16.5. The molecule has 0 aliphatic carbocycles. The van der Waals surface area contributed by atoms with Crippen molar-refractivity contribution in [3.63, 3.8) is 0 Å². The summed E-state index contributed by atoms with van der Waals surface area (Å²) < 4.78 is 10.5. The Balaban J connectivity index is 2.08. The number of hydrogen-bond donors (Lipinski definition) is 1. The lowest BCUT2D eigenvalue weighted by molar-refractivity contribution is -0.145. The van der Waals surface area contributed by atoms with E-state index >= 15 is 0 Å². The quantitative estimate of drug-likeness (QED) is 0.874. The van der Waals surface area contributed by atoms with Gasteiger partial charge in [0.2, 0.25) is 5.91 Å². The van der Waals surface area contributed by atoms with Crippen molar-refractivity contribution in [1.82, 2.24) is 4.90 Å². The number of nitrogens with zero attached hydrogens (tertiary/aromatic N) is 1. The predicted molar refractivity (Wildman–Crippen MR) is 75.3 cm³/mol. The summed E-state index contributed by atoms with van der Waals surface area (Å²) in [6.07, 6.45) is 0.0950. The SMILES string of the molecule is COc1ccccc1CC(=O)N1CCOCC1CC(=O)O. The molecule has 1 aromatic carbocycles. The van der Waals surface area contributed by atoms with Gasteiger partial charge < -0.3 is 19.5 Å². The van der Waals surface area contributed by atoms with E-state index in [9.17, 15) is 9.59 Å². The lowest BCUT2D eigenvalue weighted by atomic mass is 10.1. The highest BCUT2D eigenvalue weighted by Crippen LogP contribution is 2.20. The number of carboxylic acids is 1. The molecule has 1 fully saturated rings. The molecule has 6 heteroatoms. The molecule has 1 amide bonds. The maximum Gasteiger partial charge on any atom is 0.305 e.